The van der Waals surface area contributed by atoms with Gasteiger partial charge in [-0.05, 0) is 25.7 Å². The molecule has 1 aliphatic rings. The Labute approximate surface area is 111 Å². The van der Waals surface area contributed by atoms with Crippen molar-refractivity contribution in [3.63, 3.8) is 0 Å². The lowest BCUT2D eigenvalue weighted by atomic mass is 9.95. The normalized spacial score (nSPS) is 26.3. The molecule has 0 spiro atoms. The van der Waals surface area contributed by atoms with Crippen LogP contribution in [0.15, 0.2) is 6.20 Å². The maximum absolute atomic E-state index is 12.1. The van der Waals surface area contributed by atoms with Gasteiger partial charge in [-0.1, -0.05) is 6.92 Å². The van der Waals surface area contributed by atoms with Crippen molar-refractivity contribution in [2.75, 3.05) is 0 Å². The van der Waals surface area contributed by atoms with Crippen molar-refractivity contribution >= 4 is 11.9 Å². The lowest BCUT2D eigenvalue weighted by Gasteiger charge is -2.15. The maximum atomic E-state index is 12.1. The highest BCUT2D eigenvalue weighted by atomic mass is 16.4. The first-order valence-electron chi connectivity index (χ1n) is 6.48. The van der Waals surface area contributed by atoms with E-state index in [2.05, 4.69) is 15.5 Å². The number of hydrogen-bond acceptors (Lipinski definition) is 3. The molecule has 1 heterocycles. The first-order chi connectivity index (χ1) is 8.99. The summed E-state index contributed by atoms with van der Waals surface area (Å²) in [5.41, 5.74) is 1.83. The number of H-pyrrole nitrogens is 1. The van der Waals surface area contributed by atoms with Crippen LogP contribution in [-0.2, 0) is 16.1 Å². The molecule has 104 valence electrons. The summed E-state index contributed by atoms with van der Waals surface area (Å²) >= 11 is 0. The summed E-state index contributed by atoms with van der Waals surface area (Å²) in [5.74, 6) is -1.73. The summed E-state index contributed by atoms with van der Waals surface area (Å²) in [6, 6.07) is 0. The molecule has 3 N–H and O–H groups in total. The Balaban J connectivity index is 1.96. The second kappa shape index (κ2) is 5.42. The number of carbonyl (C=O) groups is 2. The highest BCUT2D eigenvalue weighted by molar-refractivity contribution is 5.85. The van der Waals surface area contributed by atoms with Crippen molar-refractivity contribution in [1.82, 2.24) is 15.5 Å². The number of carboxylic acids is 1. The predicted octanol–water partition coefficient (Wildman–Crippen LogP) is 1.08. The Morgan fingerprint density at radius 1 is 1.47 bits per heavy atom. The lowest BCUT2D eigenvalue weighted by Crippen LogP contribution is -2.35. The molecule has 0 radical (unpaired) electrons. The number of aliphatic carboxylic acids is 1. The largest absolute Gasteiger partial charge is 0.481 e. The molecule has 0 bridgehead atoms. The zero-order valence-electron chi connectivity index (χ0n) is 11.1. The Morgan fingerprint density at radius 2 is 2.16 bits per heavy atom. The Morgan fingerprint density at radius 3 is 2.74 bits per heavy atom. The van der Waals surface area contributed by atoms with Crippen LogP contribution in [0.4, 0.5) is 0 Å². The molecule has 1 aromatic rings. The van der Waals surface area contributed by atoms with E-state index >= 15 is 0 Å². The molecule has 6 nitrogen and oxygen atoms in total. The van der Waals surface area contributed by atoms with E-state index in [1.807, 2.05) is 13.8 Å². The van der Waals surface area contributed by atoms with Gasteiger partial charge in [0.2, 0.25) is 5.91 Å². The fourth-order valence-corrected chi connectivity index (χ4v) is 2.72. The van der Waals surface area contributed by atoms with E-state index in [4.69, 9.17) is 5.11 Å². The van der Waals surface area contributed by atoms with Gasteiger partial charge in [-0.2, -0.15) is 5.10 Å². The molecule has 1 fully saturated rings. The number of hydrogen-bond donors (Lipinski definition) is 3. The van der Waals surface area contributed by atoms with E-state index in [1.54, 1.807) is 6.20 Å². The number of amides is 1. The number of aromatic nitrogens is 2. The molecule has 6 heteroatoms. The third kappa shape index (κ3) is 2.94. The van der Waals surface area contributed by atoms with Crippen molar-refractivity contribution in [3.8, 4) is 0 Å². The van der Waals surface area contributed by atoms with Gasteiger partial charge in [0.15, 0.2) is 0 Å². The molecule has 1 aromatic heterocycles. The van der Waals surface area contributed by atoms with Gasteiger partial charge < -0.3 is 10.4 Å². The van der Waals surface area contributed by atoms with Crippen LogP contribution >= 0.6 is 0 Å². The summed E-state index contributed by atoms with van der Waals surface area (Å²) in [6.45, 7) is 4.26. The third-order valence-corrected chi connectivity index (χ3v) is 3.84. The second-order valence-corrected chi connectivity index (χ2v) is 5.37. The molecular weight excluding hydrogens is 246 g/mol. The molecule has 3 atom stereocenters. The first-order valence-corrected chi connectivity index (χ1v) is 6.48. The monoisotopic (exact) mass is 265 g/mol. The average molecular weight is 265 g/mol. The summed E-state index contributed by atoms with van der Waals surface area (Å²) in [4.78, 5) is 23.3. The van der Waals surface area contributed by atoms with Crippen molar-refractivity contribution in [2.45, 2.75) is 33.2 Å². The summed E-state index contributed by atoms with van der Waals surface area (Å²) in [7, 11) is 0. The minimum Gasteiger partial charge on any atom is -0.481 e. The smallest absolute Gasteiger partial charge is 0.307 e. The van der Waals surface area contributed by atoms with E-state index < -0.39 is 17.8 Å². The van der Waals surface area contributed by atoms with Crippen molar-refractivity contribution in [2.24, 2.45) is 17.8 Å². The molecule has 0 saturated heterocycles. The number of nitrogens with zero attached hydrogens (tertiary/aromatic N) is 1. The van der Waals surface area contributed by atoms with Crippen LogP contribution in [0.5, 0.6) is 0 Å². The highest BCUT2D eigenvalue weighted by Gasteiger charge is 2.41. The van der Waals surface area contributed by atoms with Crippen LogP contribution in [-0.4, -0.2) is 27.2 Å². The zero-order chi connectivity index (χ0) is 14.0. The standard InChI is InChI=1S/C13H19N3O3/c1-7-3-10(11(4-7)13(18)19)12(17)14-5-9-6-15-16-8(9)2/h6-7,10-11H,3-5H2,1-2H3,(H,14,17)(H,15,16)(H,18,19). The van der Waals surface area contributed by atoms with Crippen LogP contribution in [0, 0.1) is 24.7 Å². The second-order valence-electron chi connectivity index (χ2n) is 5.37. The summed E-state index contributed by atoms with van der Waals surface area (Å²) in [6.07, 6.45) is 2.90. The topological polar surface area (TPSA) is 95.1 Å². The van der Waals surface area contributed by atoms with Gasteiger partial charge >= 0.3 is 5.97 Å². The summed E-state index contributed by atoms with van der Waals surface area (Å²) < 4.78 is 0. The van der Waals surface area contributed by atoms with Crippen LogP contribution in [0.1, 0.15) is 31.0 Å². The van der Waals surface area contributed by atoms with Crippen LogP contribution in [0.25, 0.3) is 0 Å². The highest BCUT2D eigenvalue weighted by Crippen LogP contribution is 2.36. The van der Waals surface area contributed by atoms with Crippen LogP contribution in [0.3, 0.4) is 0 Å². The number of aryl methyl sites for hydroxylation is 1. The van der Waals surface area contributed by atoms with Crippen LogP contribution in [0.2, 0.25) is 0 Å². The number of rotatable bonds is 4. The molecular formula is C13H19N3O3. The Kier molecular flexibility index (Phi) is 3.87. The van der Waals surface area contributed by atoms with Gasteiger partial charge in [0.05, 0.1) is 18.0 Å². The third-order valence-electron chi connectivity index (χ3n) is 3.84. The Hall–Kier alpha value is -1.85. The van der Waals surface area contributed by atoms with Crippen molar-refractivity contribution < 1.29 is 14.7 Å². The van der Waals surface area contributed by atoms with E-state index in [-0.39, 0.29) is 11.8 Å². The molecule has 3 unspecified atom stereocenters. The predicted molar refractivity (Wildman–Crippen MR) is 68.2 cm³/mol. The minimum atomic E-state index is -0.871. The van der Waals surface area contributed by atoms with Gasteiger partial charge in [0.25, 0.3) is 0 Å². The van der Waals surface area contributed by atoms with E-state index in [0.717, 1.165) is 11.3 Å². The number of aromatic amines is 1. The first kappa shape index (κ1) is 13.6. The molecule has 2 rings (SSSR count). The van der Waals surface area contributed by atoms with Gasteiger partial charge in [-0.3, -0.25) is 14.7 Å². The molecule has 1 amide bonds. The van der Waals surface area contributed by atoms with E-state index in [9.17, 15) is 9.59 Å². The molecule has 0 aromatic carbocycles. The van der Waals surface area contributed by atoms with Gasteiger partial charge in [-0.25, -0.2) is 0 Å². The van der Waals surface area contributed by atoms with Crippen molar-refractivity contribution in [3.05, 3.63) is 17.5 Å². The van der Waals surface area contributed by atoms with E-state index in [0.29, 0.717) is 19.4 Å². The van der Waals surface area contributed by atoms with E-state index in [1.165, 1.54) is 0 Å². The SMILES string of the molecule is Cc1[nH]ncc1CNC(=O)C1CC(C)CC1C(=O)O. The quantitative estimate of drug-likeness (QED) is 0.759. The fourth-order valence-electron chi connectivity index (χ4n) is 2.72. The lowest BCUT2D eigenvalue weighted by molar-refractivity contribution is -0.146. The van der Waals surface area contributed by atoms with Gasteiger partial charge in [-0.15, -0.1) is 0 Å². The number of nitrogens with one attached hydrogen (secondary N) is 2. The molecule has 1 saturated carbocycles. The van der Waals surface area contributed by atoms with Crippen molar-refractivity contribution in [1.29, 1.82) is 0 Å². The Bertz CT molecular complexity index is 483. The average Bonchev–Trinajstić information content (AvgIpc) is 2.92. The maximum Gasteiger partial charge on any atom is 0.307 e. The number of carbonyl (C=O) groups excluding carboxylic acids is 1. The molecule has 0 aliphatic heterocycles. The van der Waals surface area contributed by atoms with Crippen LogP contribution < -0.4 is 5.32 Å². The molecule has 19 heavy (non-hydrogen) atoms. The minimum absolute atomic E-state index is 0.169. The summed E-state index contributed by atoms with van der Waals surface area (Å²) in [5, 5.41) is 18.6. The molecule has 1 aliphatic carbocycles. The zero-order valence-corrected chi connectivity index (χ0v) is 11.1. The number of carboxylic acid groups (broad SMARTS) is 1. The van der Waals surface area contributed by atoms with Gasteiger partial charge in [0.1, 0.15) is 0 Å². The fraction of sp³-hybridized carbons (Fsp3) is 0.615. The van der Waals surface area contributed by atoms with Gasteiger partial charge in [0, 0.05) is 17.8 Å².